The van der Waals surface area contributed by atoms with Gasteiger partial charge < -0.3 is 10.1 Å². The molecule has 0 radical (unpaired) electrons. The average molecular weight is 334 g/mol. The second kappa shape index (κ2) is 7.66. The molecule has 0 saturated heterocycles. The Labute approximate surface area is 130 Å². The molecule has 5 nitrogen and oxygen atoms in total. The highest BCUT2D eigenvalue weighted by Crippen LogP contribution is 2.28. The van der Waals surface area contributed by atoms with Crippen molar-refractivity contribution in [3.63, 3.8) is 0 Å². The highest BCUT2D eigenvalue weighted by Gasteiger charge is 2.20. The predicted molar refractivity (Wildman–Crippen MR) is 82.5 cm³/mol. The van der Waals surface area contributed by atoms with E-state index in [2.05, 4.69) is 5.32 Å². The van der Waals surface area contributed by atoms with Gasteiger partial charge in [-0.15, -0.1) is 0 Å². The van der Waals surface area contributed by atoms with E-state index in [0.717, 1.165) is 12.8 Å². The summed E-state index contributed by atoms with van der Waals surface area (Å²) in [4.78, 5) is 11.9. The lowest BCUT2D eigenvalue weighted by Crippen LogP contribution is -2.32. The van der Waals surface area contributed by atoms with Crippen molar-refractivity contribution in [3.8, 4) is 5.75 Å². The fourth-order valence-corrected chi connectivity index (χ4v) is 2.92. The van der Waals surface area contributed by atoms with Gasteiger partial charge in [-0.05, 0) is 38.5 Å². The first-order valence-corrected chi connectivity index (χ1v) is 9.12. The van der Waals surface area contributed by atoms with Crippen molar-refractivity contribution in [2.24, 2.45) is 0 Å². The molecule has 1 atom stereocenters. The van der Waals surface area contributed by atoms with Gasteiger partial charge in [0.25, 0.3) is 15.0 Å². The van der Waals surface area contributed by atoms with Gasteiger partial charge in [0.2, 0.25) is 0 Å². The van der Waals surface area contributed by atoms with Crippen LogP contribution in [0.25, 0.3) is 0 Å². The molecular formula is C14H20ClNO4S. The first kappa shape index (κ1) is 17.8. The zero-order valence-corrected chi connectivity index (χ0v) is 13.9. The van der Waals surface area contributed by atoms with Gasteiger partial charge in [-0.25, -0.2) is 8.42 Å². The quantitative estimate of drug-likeness (QED) is 0.779. The van der Waals surface area contributed by atoms with Gasteiger partial charge in [0.1, 0.15) is 10.6 Å². The van der Waals surface area contributed by atoms with Gasteiger partial charge in [-0.1, -0.05) is 13.3 Å². The smallest absolute Gasteiger partial charge is 0.265 e. The molecule has 1 aromatic carbocycles. The van der Waals surface area contributed by atoms with E-state index in [1.165, 1.54) is 18.2 Å². The number of benzene rings is 1. The van der Waals surface area contributed by atoms with Crippen molar-refractivity contribution >= 4 is 25.6 Å². The van der Waals surface area contributed by atoms with Crippen molar-refractivity contribution in [3.05, 3.63) is 23.8 Å². The van der Waals surface area contributed by atoms with Crippen LogP contribution in [0.2, 0.25) is 0 Å². The zero-order chi connectivity index (χ0) is 16.0. The van der Waals surface area contributed by atoms with Crippen LogP contribution in [0, 0.1) is 0 Å². The molecule has 0 bridgehead atoms. The Morgan fingerprint density at radius 1 is 1.38 bits per heavy atom. The molecule has 0 aliphatic heterocycles. The summed E-state index contributed by atoms with van der Waals surface area (Å²) in [6.07, 6.45) is 1.80. The van der Waals surface area contributed by atoms with Crippen LogP contribution in [0.15, 0.2) is 23.1 Å². The summed E-state index contributed by atoms with van der Waals surface area (Å²) in [7, 11) is 1.41. The molecule has 1 amide bonds. The maximum Gasteiger partial charge on any atom is 0.265 e. The highest BCUT2D eigenvalue weighted by atomic mass is 35.7. The van der Waals surface area contributed by atoms with Crippen molar-refractivity contribution < 1.29 is 17.9 Å². The van der Waals surface area contributed by atoms with Crippen molar-refractivity contribution in [2.75, 3.05) is 6.61 Å². The summed E-state index contributed by atoms with van der Waals surface area (Å²) in [5.41, 5.74) is 0.237. The molecule has 7 heteroatoms. The van der Waals surface area contributed by atoms with Crippen LogP contribution in [0.5, 0.6) is 5.75 Å². The molecule has 0 aliphatic carbocycles. The molecule has 118 valence electrons. The number of rotatable bonds is 7. The summed E-state index contributed by atoms with van der Waals surface area (Å²) < 4.78 is 28.4. The third kappa shape index (κ3) is 5.21. The van der Waals surface area contributed by atoms with Crippen molar-refractivity contribution in [1.82, 2.24) is 5.32 Å². The van der Waals surface area contributed by atoms with E-state index in [4.69, 9.17) is 15.4 Å². The molecule has 0 aliphatic rings. The topological polar surface area (TPSA) is 72.5 Å². The molecule has 0 spiro atoms. The normalized spacial score (nSPS) is 12.8. The van der Waals surface area contributed by atoms with E-state index in [9.17, 15) is 13.2 Å². The van der Waals surface area contributed by atoms with E-state index in [0.29, 0.717) is 6.61 Å². The Hall–Kier alpha value is -1.27. The summed E-state index contributed by atoms with van der Waals surface area (Å²) in [6, 6.07) is 4.22. The number of ether oxygens (including phenoxy) is 1. The maximum absolute atomic E-state index is 12.1. The van der Waals surface area contributed by atoms with Crippen LogP contribution in [0.4, 0.5) is 0 Å². The van der Waals surface area contributed by atoms with E-state index >= 15 is 0 Å². The van der Waals surface area contributed by atoms with Crippen molar-refractivity contribution in [1.29, 1.82) is 0 Å². The van der Waals surface area contributed by atoms with Crippen LogP contribution in [0.3, 0.4) is 0 Å². The first-order chi connectivity index (χ1) is 9.79. The average Bonchev–Trinajstić information content (AvgIpc) is 2.38. The first-order valence-electron chi connectivity index (χ1n) is 6.82. The van der Waals surface area contributed by atoms with E-state index in [1.54, 1.807) is 6.92 Å². The van der Waals surface area contributed by atoms with E-state index in [-0.39, 0.29) is 28.2 Å². The molecule has 1 N–H and O–H groups in total. The Kier molecular flexibility index (Phi) is 6.48. The van der Waals surface area contributed by atoms with Crippen LogP contribution in [-0.2, 0) is 9.05 Å². The Balaban J connectivity index is 3.08. The van der Waals surface area contributed by atoms with E-state index in [1.807, 2.05) is 13.8 Å². The van der Waals surface area contributed by atoms with Crippen molar-refractivity contribution in [2.45, 2.75) is 44.6 Å². The Morgan fingerprint density at radius 3 is 2.57 bits per heavy atom. The maximum atomic E-state index is 12.1. The number of amides is 1. The van der Waals surface area contributed by atoms with Crippen LogP contribution in [-0.4, -0.2) is 27.0 Å². The van der Waals surface area contributed by atoms with Gasteiger partial charge >= 0.3 is 0 Å². The molecule has 1 rings (SSSR count). The molecule has 0 aromatic heterocycles. The van der Waals surface area contributed by atoms with Gasteiger partial charge in [0.05, 0.1) is 6.61 Å². The zero-order valence-electron chi connectivity index (χ0n) is 12.3. The largest absolute Gasteiger partial charge is 0.492 e. The van der Waals surface area contributed by atoms with Gasteiger partial charge in [-0.3, -0.25) is 4.79 Å². The standard InChI is InChI=1S/C14H20ClNO4S/c1-4-6-10(3)16-14(17)11-7-8-12(20-5-2)13(9-11)21(15,18)19/h7-10H,4-6H2,1-3H3,(H,16,17). The van der Waals surface area contributed by atoms with Gasteiger partial charge in [0, 0.05) is 22.3 Å². The summed E-state index contributed by atoms with van der Waals surface area (Å²) in [6.45, 7) is 5.96. The summed E-state index contributed by atoms with van der Waals surface area (Å²) in [5.74, 6) is -0.189. The minimum absolute atomic E-state index is 0.0186. The molecule has 0 saturated carbocycles. The Morgan fingerprint density at radius 2 is 2.05 bits per heavy atom. The highest BCUT2D eigenvalue weighted by molar-refractivity contribution is 8.13. The van der Waals surface area contributed by atoms with Gasteiger partial charge in [-0.2, -0.15) is 0 Å². The predicted octanol–water partition coefficient (Wildman–Crippen LogP) is 2.93. The molecule has 0 fully saturated rings. The number of nitrogens with one attached hydrogen (secondary N) is 1. The van der Waals surface area contributed by atoms with Gasteiger partial charge in [0.15, 0.2) is 0 Å². The van der Waals surface area contributed by atoms with Crippen LogP contribution >= 0.6 is 10.7 Å². The molecular weight excluding hydrogens is 314 g/mol. The van der Waals surface area contributed by atoms with Crippen LogP contribution < -0.4 is 10.1 Å². The second-order valence-electron chi connectivity index (χ2n) is 4.70. The minimum atomic E-state index is -3.98. The number of hydrogen-bond acceptors (Lipinski definition) is 4. The number of halogens is 1. The molecule has 1 unspecified atom stereocenters. The number of hydrogen-bond donors (Lipinski definition) is 1. The van der Waals surface area contributed by atoms with E-state index < -0.39 is 9.05 Å². The summed E-state index contributed by atoms with van der Waals surface area (Å²) in [5, 5.41) is 2.81. The number of carbonyl (C=O) groups is 1. The lowest BCUT2D eigenvalue weighted by Gasteiger charge is -2.14. The molecule has 1 aromatic rings. The third-order valence-corrected chi connectivity index (χ3v) is 4.21. The fourth-order valence-electron chi connectivity index (χ4n) is 1.93. The fraction of sp³-hybridized carbons (Fsp3) is 0.500. The van der Waals surface area contributed by atoms with Crippen LogP contribution in [0.1, 0.15) is 44.0 Å². The summed E-state index contributed by atoms with van der Waals surface area (Å²) >= 11 is 0. The lowest BCUT2D eigenvalue weighted by molar-refractivity contribution is 0.0938. The SMILES string of the molecule is CCCC(C)NC(=O)c1ccc(OCC)c(S(=O)(=O)Cl)c1. The number of carbonyl (C=O) groups excluding carboxylic acids is 1. The lowest BCUT2D eigenvalue weighted by atomic mass is 10.1. The molecule has 0 heterocycles. The molecule has 21 heavy (non-hydrogen) atoms. The Bertz CT molecular complexity index is 601. The second-order valence-corrected chi connectivity index (χ2v) is 7.23. The monoisotopic (exact) mass is 333 g/mol. The minimum Gasteiger partial charge on any atom is -0.492 e. The third-order valence-electron chi connectivity index (χ3n) is 2.87.